The molecule has 168 valence electrons. The number of halogens is 1. The van der Waals surface area contributed by atoms with Crippen molar-refractivity contribution in [1.82, 2.24) is 24.5 Å². The molecule has 1 aromatic carbocycles. The Kier molecular flexibility index (Phi) is 5.21. The van der Waals surface area contributed by atoms with E-state index in [2.05, 4.69) is 10.4 Å². The zero-order chi connectivity index (χ0) is 22.4. The molecule has 3 aromatic rings. The van der Waals surface area contributed by atoms with Crippen LogP contribution in [0.25, 0.3) is 11.1 Å². The SMILES string of the molecule is CC(=O)N1CCc2c(c(Nc3ccc(-c4cnn(C)c4C)cc3F)nn2CC2COC2)C1. The standard InChI is InChI=1S/C23H27FN6O2/c1-14-18(9-25-28(14)3)17-4-5-21(20(24)8-17)26-23-19-11-29(15(2)31)7-6-22(19)30(27-23)10-16-12-32-13-16/h4-5,8-9,16H,6-7,10-13H2,1-3H3,(H,26,27). The maximum Gasteiger partial charge on any atom is 0.219 e. The third kappa shape index (κ3) is 3.66. The topological polar surface area (TPSA) is 77.2 Å². The van der Waals surface area contributed by atoms with E-state index >= 15 is 4.39 Å². The number of carbonyl (C=O) groups is 1. The number of fused-ring (bicyclic) bond motifs is 1. The highest BCUT2D eigenvalue weighted by Crippen LogP contribution is 2.32. The van der Waals surface area contributed by atoms with Crippen LogP contribution in [0.3, 0.4) is 0 Å². The number of hydrogen-bond donors (Lipinski definition) is 1. The molecule has 0 saturated carbocycles. The molecular formula is C23H27FN6O2. The summed E-state index contributed by atoms with van der Waals surface area (Å²) in [6.45, 7) is 6.92. The molecule has 0 unspecified atom stereocenters. The number of benzene rings is 1. The van der Waals surface area contributed by atoms with Gasteiger partial charge in [0.05, 0.1) is 31.6 Å². The molecule has 1 saturated heterocycles. The van der Waals surface area contributed by atoms with E-state index in [0.29, 0.717) is 30.5 Å². The second-order valence-corrected chi connectivity index (χ2v) is 8.64. The number of nitrogens with zero attached hydrogens (tertiary/aromatic N) is 5. The van der Waals surface area contributed by atoms with Gasteiger partial charge in [0.2, 0.25) is 5.91 Å². The van der Waals surface area contributed by atoms with E-state index in [0.717, 1.165) is 54.3 Å². The molecule has 2 aromatic heterocycles. The van der Waals surface area contributed by atoms with Crippen molar-refractivity contribution in [3.63, 3.8) is 0 Å². The zero-order valence-corrected chi connectivity index (χ0v) is 18.6. The molecule has 0 bridgehead atoms. The number of amides is 1. The van der Waals surface area contributed by atoms with Crippen molar-refractivity contribution in [1.29, 1.82) is 0 Å². The number of hydrogen-bond acceptors (Lipinski definition) is 5. The minimum atomic E-state index is -0.360. The highest BCUT2D eigenvalue weighted by Gasteiger charge is 2.29. The Bertz CT molecular complexity index is 1180. The van der Waals surface area contributed by atoms with E-state index in [4.69, 9.17) is 9.84 Å². The monoisotopic (exact) mass is 438 g/mol. The van der Waals surface area contributed by atoms with Crippen LogP contribution in [0, 0.1) is 18.7 Å². The van der Waals surface area contributed by atoms with Crippen molar-refractivity contribution < 1.29 is 13.9 Å². The average molecular weight is 439 g/mol. The second-order valence-electron chi connectivity index (χ2n) is 8.64. The van der Waals surface area contributed by atoms with Crippen molar-refractivity contribution in [2.75, 3.05) is 25.1 Å². The normalized spacial score (nSPS) is 16.1. The molecule has 9 heteroatoms. The van der Waals surface area contributed by atoms with E-state index < -0.39 is 0 Å². The van der Waals surface area contributed by atoms with E-state index in [1.807, 2.05) is 24.7 Å². The van der Waals surface area contributed by atoms with Gasteiger partial charge in [-0.15, -0.1) is 0 Å². The predicted molar refractivity (Wildman–Crippen MR) is 118 cm³/mol. The molecule has 32 heavy (non-hydrogen) atoms. The highest BCUT2D eigenvalue weighted by atomic mass is 19.1. The maximum atomic E-state index is 15.1. The lowest BCUT2D eigenvalue weighted by Crippen LogP contribution is -2.36. The molecule has 8 nitrogen and oxygen atoms in total. The second kappa shape index (κ2) is 8.05. The number of nitrogens with one attached hydrogen (secondary N) is 1. The van der Waals surface area contributed by atoms with Crippen LogP contribution in [0.4, 0.5) is 15.9 Å². The fourth-order valence-electron chi connectivity index (χ4n) is 4.34. The summed E-state index contributed by atoms with van der Waals surface area (Å²) in [5.41, 5.74) is 5.08. The van der Waals surface area contributed by atoms with Crippen LogP contribution in [0.1, 0.15) is 23.9 Å². The van der Waals surface area contributed by atoms with Gasteiger partial charge >= 0.3 is 0 Å². The predicted octanol–water partition coefficient (Wildman–Crippen LogP) is 3.03. The summed E-state index contributed by atoms with van der Waals surface area (Å²) >= 11 is 0. The number of ether oxygens (including phenoxy) is 1. The molecule has 0 atom stereocenters. The number of rotatable bonds is 5. The van der Waals surface area contributed by atoms with Crippen molar-refractivity contribution in [3.05, 3.63) is 47.2 Å². The highest BCUT2D eigenvalue weighted by molar-refractivity contribution is 5.74. The van der Waals surface area contributed by atoms with Gasteiger partial charge in [-0.3, -0.25) is 14.2 Å². The molecule has 0 radical (unpaired) electrons. The number of carbonyl (C=O) groups excluding carboxylic acids is 1. The lowest BCUT2D eigenvalue weighted by atomic mass is 10.0. The summed E-state index contributed by atoms with van der Waals surface area (Å²) in [5, 5.41) is 12.2. The Morgan fingerprint density at radius 1 is 1.34 bits per heavy atom. The van der Waals surface area contributed by atoms with Gasteiger partial charge in [0.15, 0.2) is 5.82 Å². The van der Waals surface area contributed by atoms with E-state index in [9.17, 15) is 4.79 Å². The zero-order valence-electron chi connectivity index (χ0n) is 18.6. The van der Waals surface area contributed by atoms with Gasteiger partial charge in [-0.25, -0.2) is 4.39 Å². The molecule has 1 amide bonds. The van der Waals surface area contributed by atoms with Crippen LogP contribution < -0.4 is 5.32 Å². The first-order chi connectivity index (χ1) is 15.4. The summed E-state index contributed by atoms with van der Waals surface area (Å²) < 4.78 is 24.2. The number of aromatic nitrogens is 4. The summed E-state index contributed by atoms with van der Waals surface area (Å²) in [6.07, 6.45) is 2.48. The van der Waals surface area contributed by atoms with Crippen LogP contribution in [0.15, 0.2) is 24.4 Å². The Hall–Kier alpha value is -3.20. The quantitative estimate of drug-likeness (QED) is 0.663. The number of anilines is 2. The fourth-order valence-corrected chi connectivity index (χ4v) is 4.34. The van der Waals surface area contributed by atoms with Crippen LogP contribution in [-0.2, 0) is 36.1 Å². The van der Waals surface area contributed by atoms with Crippen molar-refractivity contribution in [2.24, 2.45) is 13.0 Å². The molecule has 2 aliphatic rings. The molecule has 0 aliphatic carbocycles. The lowest BCUT2D eigenvalue weighted by Gasteiger charge is -2.29. The van der Waals surface area contributed by atoms with Gasteiger partial charge in [0, 0.05) is 61.9 Å². The van der Waals surface area contributed by atoms with E-state index in [1.165, 1.54) is 6.07 Å². The molecule has 1 fully saturated rings. The maximum absolute atomic E-state index is 15.1. The third-order valence-electron chi connectivity index (χ3n) is 6.49. The van der Waals surface area contributed by atoms with Crippen molar-refractivity contribution in [3.8, 4) is 11.1 Å². The van der Waals surface area contributed by atoms with Gasteiger partial charge in [0.1, 0.15) is 5.82 Å². The van der Waals surface area contributed by atoms with Gasteiger partial charge < -0.3 is 15.0 Å². The molecule has 4 heterocycles. The van der Waals surface area contributed by atoms with Gasteiger partial charge in [0.25, 0.3) is 0 Å². The van der Waals surface area contributed by atoms with Gasteiger partial charge in [-0.1, -0.05) is 6.07 Å². The first kappa shape index (κ1) is 20.7. The Labute approximate surface area is 186 Å². The first-order valence-electron chi connectivity index (χ1n) is 10.9. The van der Waals surface area contributed by atoms with E-state index in [1.54, 1.807) is 28.8 Å². The number of aryl methyl sites for hydroxylation is 1. The lowest BCUT2D eigenvalue weighted by molar-refractivity contribution is -0.129. The van der Waals surface area contributed by atoms with Gasteiger partial charge in [-0.05, 0) is 24.6 Å². The summed E-state index contributed by atoms with van der Waals surface area (Å²) in [6, 6.07) is 5.13. The smallest absolute Gasteiger partial charge is 0.219 e. The Morgan fingerprint density at radius 3 is 2.78 bits per heavy atom. The molecule has 5 rings (SSSR count). The molecule has 2 aliphatic heterocycles. The molecule has 1 N–H and O–H groups in total. The first-order valence-corrected chi connectivity index (χ1v) is 10.9. The van der Waals surface area contributed by atoms with Crippen LogP contribution in [0.5, 0.6) is 0 Å². The average Bonchev–Trinajstić information content (AvgIpc) is 3.26. The largest absolute Gasteiger partial charge is 0.381 e. The Morgan fingerprint density at radius 2 is 2.16 bits per heavy atom. The van der Waals surface area contributed by atoms with Crippen molar-refractivity contribution in [2.45, 2.75) is 33.4 Å². The van der Waals surface area contributed by atoms with Crippen LogP contribution in [0.2, 0.25) is 0 Å². The van der Waals surface area contributed by atoms with Gasteiger partial charge in [-0.2, -0.15) is 10.2 Å². The minimum absolute atomic E-state index is 0.0316. The summed E-state index contributed by atoms with van der Waals surface area (Å²) in [5.74, 6) is 0.719. The van der Waals surface area contributed by atoms with E-state index in [-0.39, 0.29) is 11.7 Å². The Balaban J connectivity index is 1.45. The fraction of sp³-hybridized carbons (Fsp3) is 0.435. The van der Waals surface area contributed by atoms with Crippen LogP contribution in [-0.4, -0.2) is 50.1 Å². The molecular weight excluding hydrogens is 411 g/mol. The van der Waals surface area contributed by atoms with Crippen molar-refractivity contribution >= 4 is 17.4 Å². The third-order valence-corrected chi connectivity index (χ3v) is 6.49. The minimum Gasteiger partial charge on any atom is -0.381 e. The van der Waals surface area contributed by atoms with Crippen LogP contribution >= 0.6 is 0 Å². The summed E-state index contributed by atoms with van der Waals surface area (Å²) in [4.78, 5) is 13.8. The summed E-state index contributed by atoms with van der Waals surface area (Å²) in [7, 11) is 1.87. The molecule has 0 spiro atoms.